The number of likely N-dealkylation sites (tertiary alicyclic amines) is 1. The molecule has 118 valence electrons. The molecule has 1 fully saturated rings. The van der Waals surface area contributed by atoms with Crippen molar-refractivity contribution in [1.82, 2.24) is 24.8 Å². The number of aromatic nitrogens is 4. The van der Waals surface area contributed by atoms with Crippen molar-refractivity contribution in [2.45, 2.75) is 26.4 Å². The van der Waals surface area contributed by atoms with E-state index in [1.165, 1.54) is 5.56 Å². The summed E-state index contributed by atoms with van der Waals surface area (Å²) in [5.41, 5.74) is 3.37. The van der Waals surface area contributed by atoms with E-state index in [0.29, 0.717) is 24.3 Å². The number of nitrogens with zero attached hydrogens (tertiary/aromatic N) is 5. The molecule has 0 N–H and O–H groups in total. The molecule has 1 aliphatic heterocycles. The zero-order chi connectivity index (χ0) is 15.8. The zero-order valence-electron chi connectivity index (χ0n) is 13.3. The predicted octanol–water partition coefficient (Wildman–Crippen LogP) is 2.61. The molecule has 3 aromatic rings. The van der Waals surface area contributed by atoms with Crippen LogP contribution in [0.5, 0.6) is 0 Å². The van der Waals surface area contributed by atoms with E-state index in [2.05, 4.69) is 46.2 Å². The smallest absolute Gasteiger partial charge is 0.241 e. The van der Waals surface area contributed by atoms with Crippen molar-refractivity contribution in [3.63, 3.8) is 0 Å². The Morgan fingerprint density at radius 3 is 2.78 bits per heavy atom. The molecule has 0 radical (unpaired) electrons. The largest absolute Gasteiger partial charge is 0.338 e. The molecule has 1 saturated heterocycles. The van der Waals surface area contributed by atoms with Gasteiger partial charge in [-0.1, -0.05) is 29.4 Å². The molecule has 6 nitrogen and oxygen atoms in total. The van der Waals surface area contributed by atoms with Crippen LogP contribution >= 0.6 is 0 Å². The predicted molar refractivity (Wildman–Crippen MR) is 85.7 cm³/mol. The van der Waals surface area contributed by atoms with Crippen molar-refractivity contribution in [3.8, 4) is 11.4 Å². The van der Waals surface area contributed by atoms with Crippen LogP contribution in [0.4, 0.5) is 0 Å². The lowest BCUT2D eigenvalue weighted by atomic mass is 10.1. The van der Waals surface area contributed by atoms with Crippen molar-refractivity contribution in [1.29, 1.82) is 0 Å². The number of hydrogen-bond donors (Lipinski definition) is 0. The first-order valence-corrected chi connectivity index (χ1v) is 7.81. The van der Waals surface area contributed by atoms with Crippen LogP contribution < -0.4 is 0 Å². The van der Waals surface area contributed by atoms with Gasteiger partial charge in [-0.15, -0.1) is 0 Å². The SMILES string of the molecule is Cc1cnn(C2CN(Cc3nc(-c4ccccc4C)no3)C2)c1. The summed E-state index contributed by atoms with van der Waals surface area (Å²) in [6, 6.07) is 8.52. The van der Waals surface area contributed by atoms with E-state index in [0.717, 1.165) is 24.2 Å². The molecule has 0 atom stereocenters. The lowest BCUT2D eigenvalue weighted by molar-refractivity contribution is 0.0790. The van der Waals surface area contributed by atoms with Crippen LogP contribution in [0.3, 0.4) is 0 Å². The quantitative estimate of drug-likeness (QED) is 0.741. The van der Waals surface area contributed by atoms with Gasteiger partial charge in [0.2, 0.25) is 11.7 Å². The highest BCUT2D eigenvalue weighted by atomic mass is 16.5. The van der Waals surface area contributed by atoms with Crippen molar-refractivity contribution < 1.29 is 4.52 Å². The Morgan fingerprint density at radius 2 is 2.04 bits per heavy atom. The monoisotopic (exact) mass is 309 g/mol. The molecular formula is C17H19N5O. The maximum Gasteiger partial charge on any atom is 0.241 e. The lowest BCUT2D eigenvalue weighted by Crippen LogP contribution is -2.47. The Morgan fingerprint density at radius 1 is 1.22 bits per heavy atom. The molecule has 1 aromatic carbocycles. The van der Waals surface area contributed by atoms with E-state index >= 15 is 0 Å². The van der Waals surface area contributed by atoms with Gasteiger partial charge in [0.05, 0.1) is 18.8 Å². The standard InChI is InChI=1S/C17H19N5O/c1-12-7-18-22(8-12)14-9-21(10-14)11-16-19-17(20-23-16)15-6-4-3-5-13(15)2/h3-8,14H,9-11H2,1-2H3. The Balaban J connectivity index is 1.39. The molecule has 6 heteroatoms. The first-order chi connectivity index (χ1) is 11.2. The highest BCUT2D eigenvalue weighted by Crippen LogP contribution is 2.24. The minimum Gasteiger partial charge on any atom is -0.338 e. The topological polar surface area (TPSA) is 60.0 Å². The summed E-state index contributed by atoms with van der Waals surface area (Å²) < 4.78 is 7.44. The van der Waals surface area contributed by atoms with Gasteiger partial charge < -0.3 is 4.52 Å². The van der Waals surface area contributed by atoms with Gasteiger partial charge in [-0.3, -0.25) is 9.58 Å². The molecule has 0 unspecified atom stereocenters. The fourth-order valence-corrected chi connectivity index (χ4v) is 2.92. The Hall–Kier alpha value is -2.47. The van der Waals surface area contributed by atoms with E-state index in [9.17, 15) is 0 Å². The van der Waals surface area contributed by atoms with Crippen LogP contribution in [-0.4, -0.2) is 37.9 Å². The van der Waals surface area contributed by atoms with E-state index in [4.69, 9.17) is 4.52 Å². The Bertz CT molecular complexity index is 816. The summed E-state index contributed by atoms with van der Waals surface area (Å²) >= 11 is 0. The average Bonchev–Trinajstić information content (AvgIpc) is 3.12. The summed E-state index contributed by atoms with van der Waals surface area (Å²) in [4.78, 5) is 6.81. The van der Waals surface area contributed by atoms with Gasteiger partial charge in [0.1, 0.15) is 0 Å². The molecule has 0 bridgehead atoms. The summed E-state index contributed by atoms with van der Waals surface area (Å²) in [7, 11) is 0. The van der Waals surface area contributed by atoms with Gasteiger partial charge in [-0.2, -0.15) is 10.1 Å². The number of aryl methyl sites for hydroxylation is 2. The molecule has 0 aliphatic carbocycles. The second kappa shape index (κ2) is 5.62. The minimum absolute atomic E-state index is 0.447. The van der Waals surface area contributed by atoms with E-state index in [1.54, 1.807) is 0 Å². The van der Waals surface area contributed by atoms with Crippen LogP contribution in [0.1, 0.15) is 23.1 Å². The third-order valence-electron chi connectivity index (χ3n) is 4.26. The van der Waals surface area contributed by atoms with E-state index in [-0.39, 0.29) is 0 Å². The van der Waals surface area contributed by atoms with Gasteiger partial charge in [0.15, 0.2) is 0 Å². The summed E-state index contributed by atoms with van der Waals surface area (Å²) in [5, 5.41) is 8.48. The second-order valence-electron chi connectivity index (χ2n) is 6.17. The molecule has 0 saturated carbocycles. The molecule has 1 aliphatic rings. The third kappa shape index (κ3) is 2.77. The van der Waals surface area contributed by atoms with Gasteiger partial charge in [0, 0.05) is 24.8 Å². The van der Waals surface area contributed by atoms with Crippen molar-refractivity contribution in [2.75, 3.05) is 13.1 Å². The fraction of sp³-hybridized carbons (Fsp3) is 0.353. The van der Waals surface area contributed by atoms with Crippen LogP contribution in [0.2, 0.25) is 0 Å². The summed E-state index contributed by atoms with van der Waals surface area (Å²) in [6.07, 6.45) is 3.99. The zero-order valence-corrected chi connectivity index (χ0v) is 13.3. The minimum atomic E-state index is 0.447. The number of benzene rings is 1. The van der Waals surface area contributed by atoms with Crippen molar-refractivity contribution in [3.05, 3.63) is 53.7 Å². The fourth-order valence-electron chi connectivity index (χ4n) is 2.92. The maximum absolute atomic E-state index is 5.40. The molecule has 3 heterocycles. The highest BCUT2D eigenvalue weighted by Gasteiger charge is 2.30. The number of rotatable bonds is 4. The van der Waals surface area contributed by atoms with Gasteiger partial charge >= 0.3 is 0 Å². The molecular weight excluding hydrogens is 290 g/mol. The first kappa shape index (κ1) is 14.1. The lowest BCUT2D eigenvalue weighted by Gasteiger charge is -2.38. The Kier molecular flexibility index (Phi) is 3.46. The van der Waals surface area contributed by atoms with Crippen molar-refractivity contribution in [2.24, 2.45) is 0 Å². The molecule has 0 spiro atoms. The molecule has 4 rings (SSSR count). The molecule has 23 heavy (non-hydrogen) atoms. The first-order valence-electron chi connectivity index (χ1n) is 7.81. The van der Waals surface area contributed by atoms with Crippen LogP contribution in [0.25, 0.3) is 11.4 Å². The van der Waals surface area contributed by atoms with Crippen molar-refractivity contribution >= 4 is 0 Å². The summed E-state index contributed by atoms with van der Waals surface area (Å²) in [5.74, 6) is 1.33. The number of hydrogen-bond acceptors (Lipinski definition) is 5. The highest BCUT2D eigenvalue weighted by molar-refractivity contribution is 5.58. The van der Waals surface area contributed by atoms with Gasteiger partial charge in [-0.25, -0.2) is 0 Å². The molecule has 2 aromatic heterocycles. The average molecular weight is 309 g/mol. The second-order valence-corrected chi connectivity index (χ2v) is 6.17. The Labute approximate surface area is 134 Å². The molecule has 0 amide bonds. The van der Waals surface area contributed by atoms with Gasteiger partial charge in [0.25, 0.3) is 0 Å². The maximum atomic E-state index is 5.40. The van der Waals surface area contributed by atoms with E-state index < -0.39 is 0 Å². The normalized spacial score (nSPS) is 15.7. The van der Waals surface area contributed by atoms with Gasteiger partial charge in [-0.05, 0) is 25.0 Å². The van der Waals surface area contributed by atoms with Crippen LogP contribution in [-0.2, 0) is 6.54 Å². The van der Waals surface area contributed by atoms with Crippen LogP contribution in [0, 0.1) is 13.8 Å². The van der Waals surface area contributed by atoms with Crippen LogP contribution in [0.15, 0.2) is 41.2 Å². The summed E-state index contributed by atoms with van der Waals surface area (Å²) in [6.45, 7) is 6.73. The van der Waals surface area contributed by atoms with E-state index in [1.807, 2.05) is 29.1 Å². The third-order valence-corrected chi connectivity index (χ3v) is 4.26.